The van der Waals surface area contributed by atoms with Gasteiger partial charge in [-0.15, -0.1) is 11.3 Å². The van der Waals surface area contributed by atoms with E-state index in [1.54, 1.807) is 0 Å². The van der Waals surface area contributed by atoms with Gasteiger partial charge in [-0.2, -0.15) is 0 Å². The van der Waals surface area contributed by atoms with E-state index in [1.807, 2.05) is 11.3 Å². The molecule has 0 saturated carbocycles. The van der Waals surface area contributed by atoms with Gasteiger partial charge in [0.25, 0.3) is 0 Å². The van der Waals surface area contributed by atoms with E-state index >= 15 is 0 Å². The fourth-order valence-electron chi connectivity index (χ4n) is 13.0. The van der Waals surface area contributed by atoms with Crippen LogP contribution < -0.4 is 10.6 Å². The van der Waals surface area contributed by atoms with Crippen LogP contribution >= 0.6 is 11.3 Å². The predicted molar refractivity (Wildman–Crippen MR) is 316 cm³/mol. The molecule has 3 unspecified atom stereocenters. The Morgan fingerprint density at radius 3 is 2.08 bits per heavy atom. The van der Waals surface area contributed by atoms with Gasteiger partial charge in [0.05, 0.1) is 16.4 Å². The van der Waals surface area contributed by atoms with Gasteiger partial charge >= 0.3 is 0 Å². The molecular formula is C70H48N4OS. The van der Waals surface area contributed by atoms with Crippen LogP contribution in [0.1, 0.15) is 58.6 Å². The number of aromatic nitrogens is 1. The van der Waals surface area contributed by atoms with Crippen molar-refractivity contribution in [2.24, 2.45) is 4.99 Å². The van der Waals surface area contributed by atoms with Crippen molar-refractivity contribution in [1.82, 2.24) is 15.2 Å². The third-order valence-corrected chi connectivity index (χ3v) is 17.5. The zero-order valence-electron chi connectivity index (χ0n) is 41.4. The molecule has 0 saturated heterocycles. The Morgan fingerprint density at radius 1 is 0.526 bits per heavy atom. The number of rotatable bonds is 7. The maximum atomic E-state index is 6.72. The number of hydrogen-bond donors (Lipinski definition) is 2. The average molecular weight is 993 g/mol. The lowest BCUT2D eigenvalue weighted by Crippen LogP contribution is -2.45. The Labute approximate surface area is 443 Å². The largest absolute Gasteiger partial charge is 0.456 e. The van der Waals surface area contributed by atoms with E-state index in [9.17, 15) is 0 Å². The summed E-state index contributed by atoms with van der Waals surface area (Å²) >= 11 is 1.86. The second-order valence-corrected chi connectivity index (χ2v) is 21.6. The number of para-hydroxylation sites is 2. The Morgan fingerprint density at radius 2 is 1.25 bits per heavy atom. The Bertz CT molecular complexity index is 4560. The molecule has 3 aliphatic rings. The van der Waals surface area contributed by atoms with Gasteiger partial charge in [0, 0.05) is 53.0 Å². The summed E-state index contributed by atoms with van der Waals surface area (Å²) in [6.07, 6.45) is 8.67. The molecule has 360 valence electrons. The molecule has 1 aliphatic heterocycles. The van der Waals surface area contributed by atoms with Crippen molar-refractivity contribution >= 4 is 81.1 Å². The summed E-state index contributed by atoms with van der Waals surface area (Å²) in [4.78, 5) is 5.60. The number of nitrogens with zero attached hydrogens (tertiary/aromatic N) is 2. The molecule has 0 amide bonds. The van der Waals surface area contributed by atoms with Crippen LogP contribution in [0.4, 0.5) is 0 Å². The van der Waals surface area contributed by atoms with Crippen molar-refractivity contribution in [2.75, 3.05) is 0 Å². The van der Waals surface area contributed by atoms with Crippen LogP contribution in [-0.4, -0.2) is 10.4 Å². The molecule has 3 atom stereocenters. The van der Waals surface area contributed by atoms with Gasteiger partial charge in [-0.05, 0) is 129 Å². The summed E-state index contributed by atoms with van der Waals surface area (Å²) in [6.45, 7) is 0. The summed E-state index contributed by atoms with van der Waals surface area (Å²) in [7, 11) is 0. The molecular weight excluding hydrogens is 945 g/mol. The van der Waals surface area contributed by atoms with Crippen molar-refractivity contribution < 1.29 is 4.42 Å². The lowest BCUT2D eigenvalue weighted by Gasteiger charge is -2.36. The lowest BCUT2D eigenvalue weighted by molar-refractivity contribution is 0.409. The SMILES string of the molecule is C1=CC(C2(c3ccccc3)c3ccccc3-c3c(C4N=C(c5ccc6c(c5)oc5ccc(-c7ccc8c(c7)sc7ccc(-n9c%10ccccc%10c%10ccccc%109)cc78)cc56)NC(c5ccccc5)N4)cccc32)=CCC1. The van der Waals surface area contributed by atoms with E-state index < -0.39 is 5.41 Å². The number of furan rings is 1. The molecule has 2 N–H and O–H groups in total. The number of fused-ring (bicyclic) bond motifs is 12. The minimum Gasteiger partial charge on any atom is -0.456 e. The van der Waals surface area contributed by atoms with Gasteiger partial charge in [0.2, 0.25) is 0 Å². The number of nitrogens with one attached hydrogen (secondary N) is 2. The first kappa shape index (κ1) is 43.3. The topological polar surface area (TPSA) is 54.5 Å². The molecule has 5 nitrogen and oxygen atoms in total. The smallest absolute Gasteiger partial charge is 0.136 e. The third-order valence-electron chi connectivity index (χ3n) is 16.4. The van der Waals surface area contributed by atoms with Crippen LogP contribution in [0.2, 0.25) is 0 Å². The first-order chi connectivity index (χ1) is 37.7. The number of allylic oxidation sites excluding steroid dienone is 4. The van der Waals surface area contributed by atoms with Crippen LogP contribution in [0.3, 0.4) is 0 Å². The Hall–Kier alpha value is -9.07. The highest BCUT2D eigenvalue weighted by Crippen LogP contribution is 2.59. The van der Waals surface area contributed by atoms with Gasteiger partial charge in [-0.25, -0.2) is 4.99 Å². The molecule has 76 heavy (non-hydrogen) atoms. The zero-order chi connectivity index (χ0) is 49.9. The van der Waals surface area contributed by atoms with Crippen LogP contribution in [-0.2, 0) is 5.41 Å². The van der Waals surface area contributed by atoms with Gasteiger partial charge < -0.3 is 14.3 Å². The highest BCUT2D eigenvalue weighted by Gasteiger charge is 2.48. The van der Waals surface area contributed by atoms with Crippen molar-refractivity contribution in [2.45, 2.75) is 30.6 Å². The van der Waals surface area contributed by atoms with E-state index in [0.29, 0.717) is 0 Å². The highest BCUT2D eigenvalue weighted by molar-refractivity contribution is 7.25. The maximum absolute atomic E-state index is 6.72. The quantitative estimate of drug-likeness (QED) is 0.167. The van der Waals surface area contributed by atoms with Crippen molar-refractivity contribution in [3.63, 3.8) is 0 Å². The summed E-state index contributed by atoms with van der Waals surface area (Å²) in [5, 5.41) is 15.0. The Kier molecular flexibility index (Phi) is 9.69. The molecule has 16 rings (SSSR count). The number of aliphatic imine (C=N–C) groups is 1. The average Bonchev–Trinajstić information content (AvgIpc) is 4.33. The molecule has 4 heterocycles. The number of benzene rings is 10. The molecule has 3 aromatic heterocycles. The molecule has 2 aliphatic carbocycles. The summed E-state index contributed by atoms with van der Waals surface area (Å²) in [5.74, 6) is 0.815. The van der Waals surface area contributed by atoms with Gasteiger partial charge in [-0.3, -0.25) is 5.32 Å². The monoisotopic (exact) mass is 992 g/mol. The number of amidine groups is 1. The first-order valence-electron chi connectivity index (χ1n) is 26.4. The highest BCUT2D eigenvalue weighted by atomic mass is 32.1. The van der Waals surface area contributed by atoms with E-state index in [2.05, 4.69) is 258 Å². The predicted octanol–water partition coefficient (Wildman–Crippen LogP) is 17.6. The van der Waals surface area contributed by atoms with E-state index in [1.165, 1.54) is 86.6 Å². The molecule has 6 heteroatoms. The molecule has 0 fully saturated rings. The third kappa shape index (κ3) is 6.51. The van der Waals surface area contributed by atoms with E-state index in [4.69, 9.17) is 9.41 Å². The normalized spacial score (nSPS) is 18.1. The van der Waals surface area contributed by atoms with Crippen molar-refractivity contribution in [3.05, 3.63) is 282 Å². The minimum absolute atomic E-state index is 0.205. The van der Waals surface area contributed by atoms with Gasteiger partial charge in [0.1, 0.15) is 29.3 Å². The Balaban J connectivity index is 0.775. The number of thiophene rings is 1. The molecule has 10 aromatic carbocycles. The standard InChI is InChI=1S/C70H48N4OS/c1-4-17-43(18-5-1)67-71-68(73-69(72-67)55-26-16-28-59-66(55)54-25-10-13-27-58(54)70(59,47-19-6-2-7-20-47)48-21-8-3-9-22-48)46-32-35-52-56-39-44(33-37-62(56)75-63(52)40-46)45-31-36-53-57-42-49(34-38-64(57)76-65(53)41-45)74-60-29-14-11-23-50(60)51-24-12-15-30-61(51)74/h1-2,4-8,10-42,67,69,72H,3,9H2,(H,71,73). The summed E-state index contributed by atoms with van der Waals surface area (Å²) in [5.41, 5.74) is 18.2. The fraction of sp³-hybridized carbons (Fsp3) is 0.0714. The van der Waals surface area contributed by atoms with E-state index in [0.717, 1.165) is 62.9 Å². The van der Waals surface area contributed by atoms with Crippen molar-refractivity contribution in [3.8, 4) is 27.9 Å². The summed E-state index contributed by atoms with van der Waals surface area (Å²) < 4.78 is 11.7. The van der Waals surface area contributed by atoms with Crippen LogP contribution in [0, 0.1) is 0 Å². The van der Waals surface area contributed by atoms with Gasteiger partial charge in [-0.1, -0.05) is 182 Å². The lowest BCUT2D eigenvalue weighted by atomic mass is 9.66. The maximum Gasteiger partial charge on any atom is 0.136 e. The zero-order valence-corrected chi connectivity index (χ0v) is 42.2. The van der Waals surface area contributed by atoms with Crippen LogP contribution in [0.15, 0.2) is 258 Å². The second kappa shape index (κ2) is 17.0. The molecule has 0 bridgehead atoms. The van der Waals surface area contributed by atoms with Gasteiger partial charge in [0.15, 0.2) is 0 Å². The second-order valence-electron chi connectivity index (χ2n) is 20.5. The fourth-order valence-corrected chi connectivity index (χ4v) is 14.1. The molecule has 0 spiro atoms. The van der Waals surface area contributed by atoms with E-state index in [-0.39, 0.29) is 12.3 Å². The summed E-state index contributed by atoms with van der Waals surface area (Å²) in [6, 6.07) is 82.1. The van der Waals surface area contributed by atoms with Crippen LogP contribution in [0.25, 0.3) is 91.9 Å². The molecule has 0 radical (unpaired) electrons. The van der Waals surface area contributed by atoms with Crippen LogP contribution in [0.5, 0.6) is 0 Å². The minimum atomic E-state index is -0.462. The number of hydrogen-bond acceptors (Lipinski definition) is 5. The molecule has 13 aromatic rings. The first-order valence-corrected chi connectivity index (χ1v) is 27.2. The van der Waals surface area contributed by atoms with Crippen molar-refractivity contribution in [1.29, 1.82) is 0 Å².